The van der Waals surface area contributed by atoms with Crippen LogP contribution in [0.5, 0.6) is 5.75 Å². The van der Waals surface area contributed by atoms with E-state index >= 15 is 0 Å². The first-order chi connectivity index (χ1) is 12.0. The Labute approximate surface area is 152 Å². The third-order valence-electron chi connectivity index (χ3n) is 3.53. The molecule has 1 amide bonds. The molecular weight excluding hydrogens is 384 g/mol. The SMILES string of the molecule is Cc1ccc(-c2cc(C(=O)N/N=C\c3cc(Br)ccc3O)[nH]n2)cc1. The molecule has 2 aromatic carbocycles. The van der Waals surface area contributed by atoms with Crippen molar-refractivity contribution in [3.8, 4) is 17.0 Å². The molecule has 0 unspecified atom stereocenters. The predicted molar refractivity (Wildman–Crippen MR) is 99.6 cm³/mol. The van der Waals surface area contributed by atoms with E-state index in [0.717, 1.165) is 15.6 Å². The van der Waals surface area contributed by atoms with E-state index in [-0.39, 0.29) is 5.75 Å². The van der Waals surface area contributed by atoms with Crippen LogP contribution in [0.2, 0.25) is 0 Å². The van der Waals surface area contributed by atoms with Crippen LogP contribution in [-0.4, -0.2) is 27.4 Å². The standard InChI is InChI=1S/C18H15BrN4O2/c1-11-2-4-12(5-3-11)15-9-16(22-21-15)18(25)23-20-10-13-8-14(19)6-7-17(13)24/h2-10,24H,1H3,(H,21,22)(H,23,25)/b20-10-. The molecule has 0 bridgehead atoms. The molecule has 126 valence electrons. The summed E-state index contributed by atoms with van der Waals surface area (Å²) in [7, 11) is 0. The number of rotatable bonds is 4. The number of H-pyrrole nitrogens is 1. The first-order valence-electron chi connectivity index (χ1n) is 7.47. The lowest BCUT2D eigenvalue weighted by atomic mass is 10.1. The van der Waals surface area contributed by atoms with Crippen LogP contribution < -0.4 is 5.43 Å². The van der Waals surface area contributed by atoms with Gasteiger partial charge < -0.3 is 5.11 Å². The largest absolute Gasteiger partial charge is 0.507 e. The number of hydrazone groups is 1. The average Bonchev–Trinajstić information content (AvgIpc) is 3.08. The number of hydrogen-bond acceptors (Lipinski definition) is 4. The van der Waals surface area contributed by atoms with Crippen LogP contribution in [0, 0.1) is 6.92 Å². The number of carbonyl (C=O) groups excluding carboxylic acids is 1. The normalized spacial score (nSPS) is 11.0. The van der Waals surface area contributed by atoms with Gasteiger partial charge in [0.1, 0.15) is 11.4 Å². The van der Waals surface area contributed by atoms with Crippen molar-refractivity contribution in [2.24, 2.45) is 5.10 Å². The quantitative estimate of drug-likeness (QED) is 0.462. The summed E-state index contributed by atoms with van der Waals surface area (Å²) in [5.41, 5.74) is 5.94. The molecule has 25 heavy (non-hydrogen) atoms. The minimum absolute atomic E-state index is 0.0735. The zero-order valence-electron chi connectivity index (χ0n) is 13.3. The number of carbonyl (C=O) groups is 1. The zero-order chi connectivity index (χ0) is 17.8. The Morgan fingerprint density at radius 1 is 1.24 bits per heavy atom. The lowest BCUT2D eigenvalue weighted by Crippen LogP contribution is -2.18. The minimum Gasteiger partial charge on any atom is -0.507 e. The van der Waals surface area contributed by atoms with Crippen LogP contribution in [0.3, 0.4) is 0 Å². The molecule has 0 saturated heterocycles. The Morgan fingerprint density at radius 2 is 2.00 bits per heavy atom. The van der Waals surface area contributed by atoms with Gasteiger partial charge in [0.2, 0.25) is 0 Å². The number of hydrogen-bond donors (Lipinski definition) is 3. The van der Waals surface area contributed by atoms with Crippen molar-refractivity contribution >= 4 is 28.1 Å². The van der Waals surface area contributed by atoms with E-state index in [2.05, 4.69) is 36.7 Å². The van der Waals surface area contributed by atoms with Gasteiger partial charge in [-0.2, -0.15) is 10.2 Å². The van der Waals surface area contributed by atoms with E-state index in [1.165, 1.54) is 12.3 Å². The van der Waals surface area contributed by atoms with Crippen molar-refractivity contribution in [2.45, 2.75) is 6.92 Å². The number of aryl methyl sites for hydroxylation is 1. The average molecular weight is 399 g/mol. The van der Waals surface area contributed by atoms with Crippen molar-refractivity contribution in [3.05, 3.63) is 69.8 Å². The maximum atomic E-state index is 12.1. The minimum atomic E-state index is -0.420. The monoisotopic (exact) mass is 398 g/mol. The van der Waals surface area contributed by atoms with Crippen molar-refractivity contribution in [1.82, 2.24) is 15.6 Å². The molecule has 0 saturated carbocycles. The number of aromatic nitrogens is 2. The number of nitrogens with zero attached hydrogens (tertiary/aromatic N) is 2. The highest BCUT2D eigenvalue weighted by atomic mass is 79.9. The molecule has 0 radical (unpaired) electrons. The van der Waals surface area contributed by atoms with Crippen molar-refractivity contribution in [1.29, 1.82) is 0 Å². The summed E-state index contributed by atoms with van der Waals surface area (Å²) in [6, 6.07) is 14.5. The molecule has 0 aliphatic heterocycles. The topological polar surface area (TPSA) is 90.4 Å². The lowest BCUT2D eigenvalue weighted by molar-refractivity contribution is 0.0950. The van der Waals surface area contributed by atoms with E-state index in [1.54, 1.807) is 18.2 Å². The summed E-state index contributed by atoms with van der Waals surface area (Å²) < 4.78 is 0.800. The first kappa shape index (κ1) is 16.9. The highest BCUT2D eigenvalue weighted by molar-refractivity contribution is 9.10. The Morgan fingerprint density at radius 3 is 2.76 bits per heavy atom. The number of aromatic hydroxyl groups is 1. The van der Waals surface area contributed by atoms with Gasteiger partial charge in [-0.1, -0.05) is 45.8 Å². The molecule has 7 heteroatoms. The Kier molecular flexibility index (Phi) is 4.95. The number of phenolic OH excluding ortho intramolecular Hbond substituents is 1. The maximum absolute atomic E-state index is 12.1. The van der Waals surface area contributed by atoms with Crippen LogP contribution in [0.4, 0.5) is 0 Å². The fraction of sp³-hybridized carbons (Fsp3) is 0.0556. The van der Waals surface area contributed by atoms with Gasteiger partial charge in [0.15, 0.2) is 0 Å². The molecule has 6 nitrogen and oxygen atoms in total. The van der Waals surface area contributed by atoms with Crippen molar-refractivity contribution in [3.63, 3.8) is 0 Å². The lowest BCUT2D eigenvalue weighted by Gasteiger charge is -1.99. The van der Waals surface area contributed by atoms with Gasteiger partial charge >= 0.3 is 0 Å². The predicted octanol–water partition coefficient (Wildman–Crippen LogP) is 3.62. The van der Waals surface area contributed by atoms with Gasteiger partial charge in [-0.25, -0.2) is 5.43 Å². The van der Waals surface area contributed by atoms with Gasteiger partial charge in [-0.15, -0.1) is 0 Å². The van der Waals surface area contributed by atoms with E-state index in [4.69, 9.17) is 0 Å². The molecule has 0 aliphatic carbocycles. The molecule has 3 rings (SSSR count). The Balaban J connectivity index is 1.69. The first-order valence-corrected chi connectivity index (χ1v) is 8.26. The second kappa shape index (κ2) is 7.31. The summed E-state index contributed by atoms with van der Waals surface area (Å²) in [5, 5.41) is 20.4. The molecule has 0 fully saturated rings. The second-order valence-electron chi connectivity index (χ2n) is 5.44. The molecule has 0 atom stereocenters. The molecular formula is C18H15BrN4O2. The van der Waals surface area contributed by atoms with Crippen molar-refractivity contribution in [2.75, 3.05) is 0 Å². The highest BCUT2D eigenvalue weighted by Crippen LogP contribution is 2.20. The number of amides is 1. The fourth-order valence-corrected chi connectivity index (χ4v) is 2.54. The molecule has 0 spiro atoms. The Bertz CT molecular complexity index is 933. The van der Waals surface area contributed by atoms with Gasteiger partial charge in [0, 0.05) is 15.6 Å². The van der Waals surface area contributed by atoms with E-state index in [9.17, 15) is 9.90 Å². The summed E-state index contributed by atoms with van der Waals surface area (Å²) >= 11 is 3.31. The Hall–Kier alpha value is -2.93. The molecule has 3 aromatic rings. The smallest absolute Gasteiger partial charge is 0.289 e. The summed E-state index contributed by atoms with van der Waals surface area (Å²) in [5.74, 6) is -0.346. The molecule has 0 aliphatic rings. The zero-order valence-corrected chi connectivity index (χ0v) is 14.9. The van der Waals surface area contributed by atoms with Crippen LogP contribution in [-0.2, 0) is 0 Å². The molecule has 3 N–H and O–H groups in total. The van der Waals surface area contributed by atoms with E-state index in [1.807, 2.05) is 31.2 Å². The van der Waals surface area contributed by atoms with Gasteiger partial charge in [0.25, 0.3) is 5.91 Å². The molecule has 1 aromatic heterocycles. The van der Waals surface area contributed by atoms with Crippen LogP contribution in [0.15, 0.2) is 58.1 Å². The highest BCUT2D eigenvalue weighted by Gasteiger charge is 2.10. The van der Waals surface area contributed by atoms with E-state index in [0.29, 0.717) is 17.0 Å². The van der Waals surface area contributed by atoms with Gasteiger partial charge in [-0.3, -0.25) is 9.89 Å². The number of nitrogens with one attached hydrogen (secondary N) is 2. The number of aromatic amines is 1. The molecule has 1 heterocycles. The third-order valence-corrected chi connectivity index (χ3v) is 4.02. The number of halogens is 1. The summed E-state index contributed by atoms with van der Waals surface area (Å²) in [6.07, 6.45) is 1.37. The third kappa shape index (κ3) is 4.13. The summed E-state index contributed by atoms with van der Waals surface area (Å²) in [4.78, 5) is 12.1. The van der Waals surface area contributed by atoms with Gasteiger partial charge in [0.05, 0.1) is 11.9 Å². The van der Waals surface area contributed by atoms with E-state index < -0.39 is 5.91 Å². The van der Waals surface area contributed by atoms with Crippen molar-refractivity contribution < 1.29 is 9.90 Å². The maximum Gasteiger partial charge on any atom is 0.289 e. The summed E-state index contributed by atoms with van der Waals surface area (Å²) in [6.45, 7) is 2.01. The number of benzene rings is 2. The van der Waals surface area contributed by atoms with Crippen LogP contribution in [0.1, 0.15) is 21.6 Å². The van der Waals surface area contributed by atoms with Gasteiger partial charge in [-0.05, 0) is 31.2 Å². The number of phenols is 1. The second-order valence-corrected chi connectivity index (χ2v) is 6.35. The van der Waals surface area contributed by atoms with Crippen LogP contribution in [0.25, 0.3) is 11.3 Å². The fourth-order valence-electron chi connectivity index (χ4n) is 2.16. The van der Waals surface area contributed by atoms with Crippen LogP contribution >= 0.6 is 15.9 Å².